The van der Waals surface area contributed by atoms with Crippen LogP contribution in [0.1, 0.15) is 38.0 Å². The minimum absolute atomic E-state index is 0.108. The van der Waals surface area contributed by atoms with Gasteiger partial charge < -0.3 is 24.2 Å². The maximum Gasteiger partial charge on any atom is 0.407 e. The normalized spacial score (nSPS) is 21.2. The fourth-order valence-electron chi connectivity index (χ4n) is 3.98. The Morgan fingerprint density at radius 3 is 3.03 bits per heavy atom. The maximum absolute atomic E-state index is 12.6. The summed E-state index contributed by atoms with van der Waals surface area (Å²) in [5.41, 5.74) is 0.368. The fourth-order valence-corrected chi connectivity index (χ4v) is 3.98. The van der Waals surface area contributed by atoms with Crippen LogP contribution in [-0.4, -0.2) is 59.4 Å². The Bertz CT molecular complexity index is 914. The highest BCUT2D eigenvalue weighted by Gasteiger charge is 2.41. The molecule has 0 radical (unpaired) electrons. The van der Waals surface area contributed by atoms with E-state index in [1.54, 1.807) is 7.11 Å². The van der Waals surface area contributed by atoms with E-state index in [4.69, 9.17) is 14.0 Å². The monoisotopic (exact) mass is 414 g/mol. The zero-order valence-corrected chi connectivity index (χ0v) is 17.1. The standard InChI is InChI=1S/C21H26N4O5/c1-28-16-6-2-5-15(13-16)19-23-17(30-24-19)7-3-8-18(26)25-11-4-9-21(10-12-25)14-22-20(27)29-21/h2,5-6,13H,3-4,7-12,14H2,1H3,(H,22,27). The molecule has 2 fully saturated rings. The molecule has 2 aliphatic rings. The van der Waals surface area contributed by atoms with Crippen LogP contribution in [0.2, 0.25) is 0 Å². The van der Waals surface area contributed by atoms with Crippen molar-refractivity contribution < 1.29 is 23.6 Å². The Morgan fingerprint density at radius 2 is 2.23 bits per heavy atom. The van der Waals surface area contributed by atoms with Crippen LogP contribution in [0.5, 0.6) is 5.75 Å². The summed E-state index contributed by atoms with van der Waals surface area (Å²) in [6, 6.07) is 7.47. The van der Waals surface area contributed by atoms with Crippen LogP contribution in [0.4, 0.5) is 4.79 Å². The number of carbonyl (C=O) groups is 2. The molecule has 2 saturated heterocycles. The highest BCUT2D eigenvalue weighted by molar-refractivity contribution is 5.76. The topological polar surface area (TPSA) is 107 Å². The Hall–Kier alpha value is -3.10. The fraction of sp³-hybridized carbons (Fsp3) is 0.524. The number of carbonyl (C=O) groups excluding carboxylic acids is 2. The van der Waals surface area contributed by atoms with Gasteiger partial charge in [-0.05, 0) is 31.4 Å². The average Bonchev–Trinajstić information content (AvgIpc) is 3.31. The first kappa shape index (κ1) is 20.2. The molecule has 0 aliphatic carbocycles. The number of amides is 2. The lowest BCUT2D eigenvalue weighted by Gasteiger charge is -2.25. The average molecular weight is 414 g/mol. The molecular formula is C21H26N4O5. The van der Waals surface area contributed by atoms with E-state index in [1.807, 2.05) is 29.2 Å². The molecule has 3 heterocycles. The van der Waals surface area contributed by atoms with Crippen LogP contribution in [0.25, 0.3) is 11.4 Å². The predicted molar refractivity (Wildman–Crippen MR) is 107 cm³/mol. The van der Waals surface area contributed by atoms with Gasteiger partial charge in [-0.1, -0.05) is 17.3 Å². The minimum atomic E-state index is -0.452. The molecule has 0 bridgehead atoms. The third kappa shape index (κ3) is 4.55. The second kappa shape index (κ2) is 8.73. The third-order valence-electron chi connectivity index (χ3n) is 5.69. The van der Waals surface area contributed by atoms with E-state index in [0.29, 0.717) is 57.0 Å². The lowest BCUT2D eigenvalue weighted by molar-refractivity contribution is -0.131. The van der Waals surface area contributed by atoms with Crippen molar-refractivity contribution in [2.75, 3.05) is 26.7 Å². The number of ether oxygens (including phenoxy) is 2. The SMILES string of the molecule is COc1cccc(-c2noc(CCCC(=O)N3CCCC4(CC3)CNC(=O)O4)n2)c1. The summed E-state index contributed by atoms with van der Waals surface area (Å²) in [7, 11) is 1.61. The number of hydrogen-bond donors (Lipinski definition) is 1. The summed E-state index contributed by atoms with van der Waals surface area (Å²) in [4.78, 5) is 30.3. The zero-order chi connectivity index (χ0) is 21.0. The summed E-state index contributed by atoms with van der Waals surface area (Å²) in [6.45, 7) is 1.83. The van der Waals surface area contributed by atoms with Gasteiger partial charge in [0.15, 0.2) is 0 Å². The van der Waals surface area contributed by atoms with E-state index >= 15 is 0 Å². The van der Waals surface area contributed by atoms with Gasteiger partial charge in [0, 0.05) is 37.9 Å². The van der Waals surface area contributed by atoms with E-state index in [2.05, 4.69) is 15.5 Å². The van der Waals surface area contributed by atoms with E-state index < -0.39 is 5.60 Å². The number of nitrogens with zero attached hydrogens (tertiary/aromatic N) is 3. The Kier molecular flexibility index (Phi) is 5.87. The molecular weight excluding hydrogens is 388 g/mol. The summed E-state index contributed by atoms with van der Waals surface area (Å²) in [5.74, 6) is 1.86. The molecule has 30 heavy (non-hydrogen) atoms. The van der Waals surface area contributed by atoms with Crippen molar-refractivity contribution in [3.05, 3.63) is 30.2 Å². The first-order valence-corrected chi connectivity index (χ1v) is 10.3. The number of rotatable bonds is 6. The predicted octanol–water partition coefficient (Wildman–Crippen LogP) is 2.56. The summed E-state index contributed by atoms with van der Waals surface area (Å²) >= 11 is 0. The lowest BCUT2D eigenvalue weighted by Crippen LogP contribution is -2.36. The Labute approximate surface area is 174 Å². The number of aryl methyl sites for hydroxylation is 1. The van der Waals surface area contributed by atoms with Gasteiger partial charge in [0.05, 0.1) is 13.7 Å². The van der Waals surface area contributed by atoms with Crippen molar-refractivity contribution in [3.63, 3.8) is 0 Å². The zero-order valence-electron chi connectivity index (χ0n) is 17.1. The molecule has 4 rings (SSSR count). The van der Waals surface area contributed by atoms with Crippen molar-refractivity contribution in [2.45, 2.75) is 44.1 Å². The van der Waals surface area contributed by atoms with Crippen LogP contribution in [0.3, 0.4) is 0 Å². The largest absolute Gasteiger partial charge is 0.497 e. The highest BCUT2D eigenvalue weighted by Crippen LogP contribution is 2.29. The van der Waals surface area contributed by atoms with Crippen LogP contribution >= 0.6 is 0 Å². The number of benzene rings is 1. The van der Waals surface area contributed by atoms with E-state index in [1.165, 1.54) is 0 Å². The van der Waals surface area contributed by atoms with E-state index in [-0.39, 0.29) is 12.0 Å². The van der Waals surface area contributed by atoms with Crippen molar-refractivity contribution in [1.82, 2.24) is 20.4 Å². The number of nitrogens with one attached hydrogen (secondary N) is 1. The molecule has 9 nitrogen and oxygen atoms in total. The smallest absolute Gasteiger partial charge is 0.407 e. The third-order valence-corrected chi connectivity index (χ3v) is 5.69. The molecule has 2 amide bonds. The quantitative estimate of drug-likeness (QED) is 0.774. The van der Waals surface area contributed by atoms with Gasteiger partial charge in [-0.3, -0.25) is 4.79 Å². The first-order chi connectivity index (χ1) is 14.6. The molecule has 1 atom stereocenters. The van der Waals surface area contributed by atoms with Crippen LogP contribution in [0, 0.1) is 0 Å². The van der Waals surface area contributed by atoms with E-state index in [9.17, 15) is 9.59 Å². The molecule has 1 aromatic carbocycles. The van der Waals surface area contributed by atoms with Gasteiger partial charge in [-0.15, -0.1) is 0 Å². The molecule has 0 saturated carbocycles. The van der Waals surface area contributed by atoms with Gasteiger partial charge in [0.1, 0.15) is 11.4 Å². The molecule has 9 heteroatoms. The maximum atomic E-state index is 12.6. The minimum Gasteiger partial charge on any atom is -0.497 e. The number of methoxy groups -OCH3 is 1. The number of alkyl carbamates (subject to hydrolysis) is 1. The van der Waals surface area contributed by atoms with E-state index in [0.717, 1.165) is 24.2 Å². The Balaban J connectivity index is 1.26. The van der Waals surface area contributed by atoms with Crippen LogP contribution in [0.15, 0.2) is 28.8 Å². The number of aromatic nitrogens is 2. The molecule has 1 unspecified atom stereocenters. The summed E-state index contributed by atoms with van der Waals surface area (Å²) < 4.78 is 16.0. The van der Waals surface area contributed by atoms with Crippen molar-refractivity contribution in [2.24, 2.45) is 0 Å². The van der Waals surface area contributed by atoms with Gasteiger partial charge in [-0.2, -0.15) is 4.98 Å². The molecule has 1 spiro atoms. The molecule has 160 valence electrons. The van der Waals surface area contributed by atoms with Crippen LogP contribution in [-0.2, 0) is 16.0 Å². The number of hydrogen-bond acceptors (Lipinski definition) is 7. The van der Waals surface area contributed by atoms with Crippen molar-refractivity contribution in [1.29, 1.82) is 0 Å². The van der Waals surface area contributed by atoms with Gasteiger partial charge in [0.25, 0.3) is 0 Å². The van der Waals surface area contributed by atoms with Crippen molar-refractivity contribution in [3.8, 4) is 17.1 Å². The van der Waals surface area contributed by atoms with Crippen LogP contribution < -0.4 is 10.1 Å². The molecule has 2 aliphatic heterocycles. The second-order valence-corrected chi connectivity index (χ2v) is 7.76. The molecule has 1 N–H and O–H groups in total. The summed E-state index contributed by atoms with van der Waals surface area (Å²) in [5, 5.41) is 6.75. The van der Waals surface area contributed by atoms with Gasteiger partial charge in [0.2, 0.25) is 17.6 Å². The second-order valence-electron chi connectivity index (χ2n) is 7.76. The first-order valence-electron chi connectivity index (χ1n) is 10.3. The number of likely N-dealkylation sites (tertiary alicyclic amines) is 1. The van der Waals surface area contributed by atoms with Gasteiger partial charge in [-0.25, -0.2) is 4.79 Å². The summed E-state index contributed by atoms with van der Waals surface area (Å²) in [6.07, 6.45) is 3.52. The Morgan fingerprint density at radius 1 is 1.33 bits per heavy atom. The highest BCUT2D eigenvalue weighted by atomic mass is 16.6. The molecule has 1 aromatic heterocycles. The van der Waals surface area contributed by atoms with Gasteiger partial charge >= 0.3 is 6.09 Å². The lowest BCUT2D eigenvalue weighted by atomic mass is 9.95. The van der Waals surface area contributed by atoms with Crippen molar-refractivity contribution >= 4 is 12.0 Å². The molecule has 2 aromatic rings.